The van der Waals surface area contributed by atoms with Crippen molar-refractivity contribution in [1.29, 1.82) is 0 Å². The quantitative estimate of drug-likeness (QED) is 0.640. The maximum absolute atomic E-state index is 12.6. The van der Waals surface area contributed by atoms with E-state index in [-0.39, 0.29) is 5.91 Å². The molecule has 0 fully saturated rings. The second-order valence-electron chi connectivity index (χ2n) is 6.40. The van der Waals surface area contributed by atoms with Gasteiger partial charge < -0.3 is 19.7 Å². The summed E-state index contributed by atoms with van der Waals surface area (Å²) < 4.78 is 10.5. The van der Waals surface area contributed by atoms with Crippen LogP contribution in [-0.4, -0.2) is 38.1 Å². The number of aromatic nitrogens is 1. The summed E-state index contributed by atoms with van der Waals surface area (Å²) in [4.78, 5) is 30.2. The lowest BCUT2D eigenvalue weighted by atomic mass is 10.1. The molecule has 7 heteroatoms. The third-order valence-electron chi connectivity index (χ3n) is 4.12. The third-order valence-corrected chi connectivity index (χ3v) is 4.12. The first-order valence-electron chi connectivity index (χ1n) is 8.87. The summed E-state index contributed by atoms with van der Waals surface area (Å²) in [6, 6.07) is 17.0. The van der Waals surface area contributed by atoms with Crippen LogP contribution in [-0.2, 0) is 4.74 Å². The van der Waals surface area contributed by atoms with Gasteiger partial charge in [-0.25, -0.2) is 9.78 Å². The summed E-state index contributed by atoms with van der Waals surface area (Å²) in [6.07, 6.45) is 1.67. The van der Waals surface area contributed by atoms with Crippen LogP contribution in [0.15, 0.2) is 66.9 Å². The van der Waals surface area contributed by atoms with Crippen LogP contribution in [0.2, 0.25) is 0 Å². The highest BCUT2D eigenvalue weighted by Gasteiger charge is 2.10. The van der Waals surface area contributed by atoms with Crippen LogP contribution in [0.4, 0.5) is 11.4 Å². The van der Waals surface area contributed by atoms with Crippen molar-refractivity contribution >= 4 is 23.3 Å². The number of rotatable bonds is 6. The Morgan fingerprint density at radius 1 is 0.966 bits per heavy atom. The molecule has 2 aromatic carbocycles. The van der Waals surface area contributed by atoms with E-state index in [1.807, 2.05) is 31.1 Å². The Bertz CT molecular complexity index is 1020. The molecule has 0 saturated heterocycles. The number of nitrogens with one attached hydrogen (secondary N) is 1. The molecule has 0 bridgehead atoms. The number of esters is 1. The van der Waals surface area contributed by atoms with E-state index < -0.39 is 5.97 Å². The summed E-state index contributed by atoms with van der Waals surface area (Å²) in [5.41, 5.74) is 2.37. The minimum absolute atomic E-state index is 0.295. The first-order valence-corrected chi connectivity index (χ1v) is 8.87. The van der Waals surface area contributed by atoms with Gasteiger partial charge in [0.05, 0.1) is 12.7 Å². The van der Waals surface area contributed by atoms with Gasteiger partial charge in [0.2, 0.25) is 5.88 Å². The van der Waals surface area contributed by atoms with Crippen LogP contribution in [0.1, 0.15) is 20.7 Å². The maximum Gasteiger partial charge on any atom is 0.337 e. The highest BCUT2D eigenvalue weighted by molar-refractivity contribution is 6.04. The van der Waals surface area contributed by atoms with Gasteiger partial charge in [-0.1, -0.05) is 6.07 Å². The lowest BCUT2D eigenvalue weighted by Crippen LogP contribution is -2.12. The van der Waals surface area contributed by atoms with Gasteiger partial charge in [0.25, 0.3) is 5.91 Å². The van der Waals surface area contributed by atoms with E-state index in [2.05, 4.69) is 15.0 Å². The molecule has 1 N–H and O–H groups in total. The molecule has 7 nitrogen and oxygen atoms in total. The second kappa shape index (κ2) is 8.88. The number of amides is 1. The number of hydrogen-bond acceptors (Lipinski definition) is 6. The van der Waals surface area contributed by atoms with Gasteiger partial charge in [-0.2, -0.15) is 0 Å². The first-order chi connectivity index (χ1) is 14.0. The normalized spacial score (nSPS) is 10.2. The predicted octanol–water partition coefficient (Wildman–Crippen LogP) is 3.98. The van der Waals surface area contributed by atoms with Crippen LogP contribution < -0.4 is 15.0 Å². The Hall–Kier alpha value is -3.87. The van der Waals surface area contributed by atoms with Crippen LogP contribution in [0.3, 0.4) is 0 Å². The zero-order valence-electron chi connectivity index (χ0n) is 16.4. The van der Waals surface area contributed by atoms with E-state index in [0.29, 0.717) is 28.4 Å². The molecule has 0 saturated carbocycles. The number of carbonyl (C=O) groups is 2. The van der Waals surface area contributed by atoms with E-state index >= 15 is 0 Å². The van der Waals surface area contributed by atoms with Crippen molar-refractivity contribution in [1.82, 2.24) is 4.98 Å². The van der Waals surface area contributed by atoms with Crippen molar-refractivity contribution in [2.45, 2.75) is 0 Å². The monoisotopic (exact) mass is 391 g/mol. The predicted molar refractivity (Wildman–Crippen MR) is 111 cm³/mol. The summed E-state index contributed by atoms with van der Waals surface area (Å²) in [5.74, 6) is 0.213. The molecular weight excluding hydrogens is 370 g/mol. The third kappa shape index (κ3) is 5.10. The molecule has 0 spiro atoms. The molecule has 0 atom stereocenters. The smallest absolute Gasteiger partial charge is 0.337 e. The molecule has 1 aromatic heterocycles. The van der Waals surface area contributed by atoms with E-state index in [9.17, 15) is 9.59 Å². The zero-order chi connectivity index (χ0) is 20.8. The molecule has 148 valence electrons. The lowest BCUT2D eigenvalue weighted by Gasteiger charge is -2.13. The number of nitrogens with zero attached hydrogens (tertiary/aromatic N) is 2. The zero-order valence-corrected chi connectivity index (χ0v) is 16.4. The van der Waals surface area contributed by atoms with Crippen molar-refractivity contribution in [3.8, 4) is 11.6 Å². The van der Waals surface area contributed by atoms with Crippen LogP contribution >= 0.6 is 0 Å². The number of pyridine rings is 1. The van der Waals surface area contributed by atoms with Crippen molar-refractivity contribution < 1.29 is 19.1 Å². The fraction of sp³-hybridized carbons (Fsp3) is 0.136. The van der Waals surface area contributed by atoms with Gasteiger partial charge >= 0.3 is 5.97 Å². The number of anilines is 2. The average Bonchev–Trinajstić information content (AvgIpc) is 2.74. The molecule has 0 radical (unpaired) electrons. The molecular formula is C22H21N3O4. The topological polar surface area (TPSA) is 80.8 Å². The van der Waals surface area contributed by atoms with Gasteiger partial charge in [-0.3, -0.25) is 4.79 Å². The van der Waals surface area contributed by atoms with Crippen molar-refractivity contribution in [3.63, 3.8) is 0 Å². The minimum Gasteiger partial charge on any atom is -0.465 e. The number of hydrogen-bond donors (Lipinski definition) is 1. The molecule has 0 unspecified atom stereocenters. The van der Waals surface area contributed by atoms with E-state index in [1.165, 1.54) is 7.11 Å². The largest absolute Gasteiger partial charge is 0.465 e. The van der Waals surface area contributed by atoms with Gasteiger partial charge in [0.15, 0.2) is 0 Å². The molecule has 1 heterocycles. The molecule has 0 aliphatic heterocycles. The molecule has 0 aliphatic rings. The van der Waals surface area contributed by atoms with Gasteiger partial charge in [-0.05, 0) is 48.5 Å². The summed E-state index contributed by atoms with van der Waals surface area (Å²) >= 11 is 0. The minimum atomic E-state index is -0.431. The maximum atomic E-state index is 12.6. The lowest BCUT2D eigenvalue weighted by molar-refractivity contribution is 0.0600. The SMILES string of the molecule is COC(=O)c1ccc(NC(=O)c2cccc(Oc3cc(N(C)C)ccn3)c2)cc1. The molecule has 29 heavy (non-hydrogen) atoms. The Morgan fingerprint density at radius 3 is 2.41 bits per heavy atom. The fourth-order valence-corrected chi connectivity index (χ4v) is 2.57. The summed E-state index contributed by atoms with van der Waals surface area (Å²) in [5, 5.41) is 2.79. The van der Waals surface area contributed by atoms with Crippen LogP contribution in [0.5, 0.6) is 11.6 Å². The average molecular weight is 391 g/mol. The van der Waals surface area contributed by atoms with Crippen molar-refractivity contribution in [3.05, 3.63) is 78.0 Å². The Kier molecular flexibility index (Phi) is 6.09. The molecule has 3 rings (SSSR count). The van der Waals surface area contributed by atoms with Gasteiger partial charge in [0, 0.05) is 43.3 Å². The van der Waals surface area contributed by atoms with E-state index in [1.54, 1.807) is 54.7 Å². The summed E-state index contributed by atoms with van der Waals surface area (Å²) in [7, 11) is 5.18. The van der Waals surface area contributed by atoms with Crippen molar-refractivity contribution in [2.24, 2.45) is 0 Å². The first kappa shape index (κ1) is 19.9. The fourth-order valence-electron chi connectivity index (χ4n) is 2.57. The number of carbonyl (C=O) groups excluding carboxylic acids is 2. The Morgan fingerprint density at radius 2 is 1.72 bits per heavy atom. The van der Waals surface area contributed by atoms with E-state index in [0.717, 1.165) is 5.69 Å². The standard InChI is InChI=1S/C22H21N3O4/c1-25(2)18-11-12-23-20(14-18)29-19-6-4-5-16(13-19)21(26)24-17-9-7-15(8-10-17)22(27)28-3/h4-14H,1-3H3,(H,24,26). The van der Waals surface area contributed by atoms with Gasteiger partial charge in [0.1, 0.15) is 5.75 Å². The Labute approximate surface area is 168 Å². The number of methoxy groups -OCH3 is 1. The number of benzene rings is 2. The van der Waals surface area contributed by atoms with Crippen LogP contribution in [0.25, 0.3) is 0 Å². The Balaban J connectivity index is 1.71. The molecule has 1 amide bonds. The van der Waals surface area contributed by atoms with Crippen LogP contribution in [0, 0.1) is 0 Å². The van der Waals surface area contributed by atoms with E-state index in [4.69, 9.17) is 4.74 Å². The number of ether oxygens (including phenoxy) is 2. The second-order valence-corrected chi connectivity index (χ2v) is 6.40. The highest BCUT2D eigenvalue weighted by atomic mass is 16.5. The molecule has 0 aliphatic carbocycles. The summed E-state index contributed by atoms with van der Waals surface area (Å²) in [6.45, 7) is 0. The molecule has 3 aromatic rings. The van der Waals surface area contributed by atoms with Gasteiger partial charge in [-0.15, -0.1) is 0 Å². The highest BCUT2D eigenvalue weighted by Crippen LogP contribution is 2.24. The van der Waals surface area contributed by atoms with Crippen molar-refractivity contribution in [2.75, 3.05) is 31.4 Å².